The summed E-state index contributed by atoms with van der Waals surface area (Å²) in [7, 11) is 0. The van der Waals surface area contributed by atoms with Crippen molar-refractivity contribution in [2.75, 3.05) is 6.61 Å². The van der Waals surface area contributed by atoms with Gasteiger partial charge in [-0.15, -0.1) is 0 Å². The van der Waals surface area contributed by atoms with Crippen molar-refractivity contribution in [3.8, 4) is 5.75 Å². The molecule has 0 bridgehead atoms. The maximum absolute atomic E-state index is 5.97. The lowest BCUT2D eigenvalue weighted by molar-refractivity contribution is -0.0672. The number of hydrogen-bond donors (Lipinski definition) is 0. The first-order valence-electron chi connectivity index (χ1n) is 11.0. The van der Waals surface area contributed by atoms with Crippen molar-refractivity contribution >= 4 is 0 Å². The quantitative estimate of drug-likeness (QED) is 0.320. The van der Waals surface area contributed by atoms with Crippen molar-refractivity contribution < 1.29 is 9.47 Å². The Morgan fingerprint density at radius 2 is 1.45 bits per heavy atom. The molecule has 2 nitrogen and oxygen atoms in total. The molecule has 2 heteroatoms. The minimum atomic E-state index is -0.246. The molecule has 2 atom stereocenters. The van der Waals surface area contributed by atoms with Crippen LogP contribution in [0.5, 0.6) is 5.75 Å². The molecule has 0 saturated heterocycles. The van der Waals surface area contributed by atoms with Gasteiger partial charge >= 0.3 is 0 Å². The fourth-order valence-electron chi connectivity index (χ4n) is 3.71. The normalized spacial score (nSPS) is 14.4. The summed E-state index contributed by atoms with van der Waals surface area (Å²) >= 11 is 0. The van der Waals surface area contributed by atoms with Gasteiger partial charge in [0.15, 0.2) is 6.29 Å². The standard InChI is InChI=1S/C27H40O2/c1-21(28-19-11-14-22-12-9-8-10-13-22)29-24-17-15-23(16-18-24)25(27(5,6)7)20-26(2,3)4/h8-10,12-13,15-18,21,25H,11,14,19-20H2,1-7H3/t21?,25-/m1/s1. The summed E-state index contributed by atoms with van der Waals surface area (Å²) in [5, 5.41) is 0. The molecule has 0 aliphatic heterocycles. The molecule has 0 amide bonds. The average Bonchev–Trinajstić information content (AvgIpc) is 2.63. The predicted molar refractivity (Wildman–Crippen MR) is 124 cm³/mol. The van der Waals surface area contributed by atoms with Gasteiger partial charge in [0.25, 0.3) is 0 Å². The molecule has 2 rings (SSSR count). The van der Waals surface area contributed by atoms with Gasteiger partial charge in [-0.2, -0.15) is 0 Å². The first-order valence-corrected chi connectivity index (χ1v) is 11.0. The lowest BCUT2D eigenvalue weighted by Crippen LogP contribution is -2.23. The fraction of sp³-hybridized carbons (Fsp3) is 0.556. The van der Waals surface area contributed by atoms with Gasteiger partial charge in [-0.05, 0) is 66.2 Å². The zero-order chi connectivity index (χ0) is 21.5. The first kappa shape index (κ1) is 23.5. The second kappa shape index (κ2) is 10.3. The summed E-state index contributed by atoms with van der Waals surface area (Å²) < 4.78 is 11.8. The molecule has 1 unspecified atom stereocenters. The Labute approximate surface area is 178 Å². The summed E-state index contributed by atoms with van der Waals surface area (Å²) in [5.41, 5.74) is 3.26. The van der Waals surface area contributed by atoms with E-state index >= 15 is 0 Å². The Hall–Kier alpha value is -1.80. The van der Waals surface area contributed by atoms with E-state index in [1.165, 1.54) is 11.1 Å². The van der Waals surface area contributed by atoms with Gasteiger partial charge in [0, 0.05) is 0 Å². The van der Waals surface area contributed by atoms with Gasteiger partial charge in [-0.1, -0.05) is 84.0 Å². The topological polar surface area (TPSA) is 18.5 Å². The van der Waals surface area contributed by atoms with Crippen LogP contribution in [0.4, 0.5) is 0 Å². The van der Waals surface area contributed by atoms with Crippen LogP contribution < -0.4 is 4.74 Å². The maximum atomic E-state index is 5.97. The van der Waals surface area contributed by atoms with Crippen LogP contribution in [0.3, 0.4) is 0 Å². The van der Waals surface area contributed by atoms with E-state index in [4.69, 9.17) is 9.47 Å². The molecule has 0 aliphatic carbocycles. The van der Waals surface area contributed by atoms with Crippen LogP contribution in [0.15, 0.2) is 54.6 Å². The van der Waals surface area contributed by atoms with E-state index in [0.717, 1.165) is 25.0 Å². The van der Waals surface area contributed by atoms with Crippen LogP contribution in [0.25, 0.3) is 0 Å². The predicted octanol–water partition coefficient (Wildman–Crippen LogP) is 7.63. The largest absolute Gasteiger partial charge is 0.465 e. The van der Waals surface area contributed by atoms with E-state index in [9.17, 15) is 0 Å². The molecular formula is C27H40O2. The highest BCUT2D eigenvalue weighted by atomic mass is 16.7. The van der Waals surface area contributed by atoms with Crippen molar-refractivity contribution in [2.45, 2.75) is 79.9 Å². The van der Waals surface area contributed by atoms with Crippen molar-refractivity contribution in [2.24, 2.45) is 10.8 Å². The number of aryl methyl sites for hydroxylation is 1. The maximum Gasteiger partial charge on any atom is 0.196 e. The fourth-order valence-corrected chi connectivity index (χ4v) is 3.71. The molecule has 2 aromatic carbocycles. The Morgan fingerprint density at radius 3 is 2.00 bits per heavy atom. The highest BCUT2D eigenvalue weighted by Crippen LogP contribution is 2.43. The number of hydrogen-bond acceptors (Lipinski definition) is 2. The van der Waals surface area contributed by atoms with Gasteiger partial charge in [0.05, 0.1) is 6.61 Å². The molecule has 0 aliphatic rings. The lowest BCUT2D eigenvalue weighted by atomic mass is 9.69. The second-order valence-corrected chi connectivity index (χ2v) is 10.4. The van der Waals surface area contributed by atoms with Crippen LogP contribution in [0, 0.1) is 10.8 Å². The van der Waals surface area contributed by atoms with E-state index in [-0.39, 0.29) is 11.7 Å². The molecule has 0 aromatic heterocycles. The number of benzene rings is 2. The van der Waals surface area contributed by atoms with E-state index < -0.39 is 0 Å². The minimum absolute atomic E-state index is 0.227. The first-order chi connectivity index (χ1) is 13.5. The van der Waals surface area contributed by atoms with E-state index in [2.05, 4.69) is 90.1 Å². The van der Waals surface area contributed by atoms with E-state index in [1.807, 2.05) is 13.0 Å². The van der Waals surface area contributed by atoms with Crippen LogP contribution in [0.2, 0.25) is 0 Å². The summed E-state index contributed by atoms with van der Waals surface area (Å²) in [6.07, 6.45) is 2.95. The van der Waals surface area contributed by atoms with Crippen LogP contribution in [0.1, 0.15) is 78.4 Å². The monoisotopic (exact) mass is 396 g/mol. The van der Waals surface area contributed by atoms with E-state index in [1.54, 1.807) is 0 Å². The Morgan fingerprint density at radius 1 is 0.828 bits per heavy atom. The molecule has 0 N–H and O–H groups in total. The van der Waals surface area contributed by atoms with E-state index in [0.29, 0.717) is 17.9 Å². The Balaban J connectivity index is 1.85. The molecule has 0 saturated carbocycles. The van der Waals surface area contributed by atoms with Crippen LogP contribution in [-0.2, 0) is 11.2 Å². The molecule has 160 valence electrons. The van der Waals surface area contributed by atoms with Gasteiger partial charge in [0.1, 0.15) is 5.75 Å². The third-order valence-corrected chi connectivity index (χ3v) is 5.25. The zero-order valence-corrected chi connectivity index (χ0v) is 19.5. The van der Waals surface area contributed by atoms with Crippen molar-refractivity contribution in [1.29, 1.82) is 0 Å². The molecule has 0 radical (unpaired) electrons. The smallest absolute Gasteiger partial charge is 0.196 e. The summed E-state index contributed by atoms with van der Waals surface area (Å²) in [4.78, 5) is 0. The number of rotatable bonds is 9. The molecule has 0 spiro atoms. The van der Waals surface area contributed by atoms with Crippen molar-refractivity contribution in [3.63, 3.8) is 0 Å². The van der Waals surface area contributed by atoms with Crippen molar-refractivity contribution in [1.82, 2.24) is 0 Å². The molecule has 29 heavy (non-hydrogen) atoms. The summed E-state index contributed by atoms with van der Waals surface area (Å²) in [5.74, 6) is 1.39. The Bertz CT molecular complexity index is 705. The summed E-state index contributed by atoms with van der Waals surface area (Å²) in [6, 6.07) is 19.1. The third-order valence-electron chi connectivity index (χ3n) is 5.25. The van der Waals surface area contributed by atoms with Gasteiger partial charge in [-0.3, -0.25) is 0 Å². The van der Waals surface area contributed by atoms with Crippen molar-refractivity contribution in [3.05, 3.63) is 65.7 Å². The molecule has 0 heterocycles. The minimum Gasteiger partial charge on any atom is -0.465 e. The zero-order valence-electron chi connectivity index (χ0n) is 19.5. The average molecular weight is 397 g/mol. The summed E-state index contributed by atoms with van der Waals surface area (Å²) in [6.45, 7) is 16.6. The van der Waals surface area contributed by atoms with Gasteiger partial charge in [-0.25, -0.2) is 0 Å². The van der Waals surface area contributed by atoms with Gasteiger partial charge in [0.2, 0.25) is 0 Å². The number of ether oxygens (including phenoxy) is 2. The second-order valence-electron chi connectivity index (χ2n) is 10.4. The molecular weight excluding hydrogens is 356 g/mol. The lowest BCUT2D eigenvalue weighted by Gasteiger charge is -2.36. The van der Waals surface area contributed by atoms with Crippen LogP contribution >= 0.6 is 0 Å². The molecule has 2 aromatic rings. The third kappa shape index (κ3) is 8.62. The Kier molecular flexibility index (Phi) is 8.34. The van der Waals surface area contributed by atoms with Gasteiger partial charge < -0.3 is 9.47 Å². The highest BCUT2D eigenvalue weighted by Gasteiger charge is 2.30. The SMILES string of the molecule is CC(OCCCc1ccccc1)Oc1ccc([C@@H](CC(C)(C)C)C(C)(C)C)cc1. The molecule has 0 fully saturated rings. The highest BCUT2D eigenvalue weighted by molar-refractivity contribution is 5.30. The van der Waals surface area contributed by atoms with Crippen LogP contribution in [-0.4, -0.2) is 12.9 Å².